The molecule has 21 heavy (non-hydrogen) atoms. The van der Waals surface area contributed by atoms with Crippen LogP contribution in [-0.2, 0) is 6.54 Å². The van der Waals surface area contributed by atoms with Gasteiger partial charge in [0.2, 0.25) is 0 Å². The third kappa shape index (κ3) is 3.51. The number of benzene rings is 1. The minimum atomic E-state index is -0.108. The van der Waals surface area contributed by atoms with Crippen LogP contribution in [0.4, 0.5) is 5.69 Å². The Labute approximate surface area is 124 Å². The second kappa shape index (κ2) is 6.74. The maximum absolute atomic E-state index is 12.6. The highest BCUT2D eigenvalue weighted by Crippen LogP contribution is 2.21. The molecule has 5 heteroatoms. The van der Waals surface area contributed by atoms with Crippen molar-refractivity contribution < 1.29 is 9.53 Å². The zero-order chi connectivity index (χ0) is 15.2. The van der Waals surface area contributed by atoms with Crippen LogP contribution in [0.1, 0.15) is 23.0 Å². The first-order valence-corrected chi connectivity index (χ1v) is 6.78. The highest BCUT2D eigenvalue weighted by molar-refractivity contribution is 5.99. The molecule has 110 valence electrons. The van der Waals surface area contributed by atoms with E-state index in [1.807, 2.05) is 25.1 Å². The Hall–Kier alpha value is -2.56. The van der Waals surface area contributed by atoms with Gasteiger partial charge in [0, 0.05) is 24.5 Å². The quantitative estimate of drug-likeness (QED) is 0.856. The molecule has 0 fully saturated rings. The van der Waals surface area contributed by atoms with Crippen molar-refractivity contribution in [2.24, 2.45) is 0 Å². The van der Waals surface area contributed by atoms with Crippen LogP contribution in [0.25, 0.3) is 0 Å². The molecule has 1 aromatic heterocycles. The smallest absolute Gasteiger partial charge is 0.256 e. The number of nitrogens with zero attached hydrogens (tertiary/aromatic N) is 2. The molecule has 0 bridgehead atoms. The van der Waals surface area contributed by atoms with Crippen LogP contribution in [0.3, 0.4) is 0 Å². The lowest BCUT2D eigenvalue weighted by Gasteiger charge is -2.21. The number of carbonyl (C=O) groups excluding carboxylic acids is 1. The molecule has 1 aromatic carbocycles. The van der Waals surface area contributed by atoms with Crippen molar-refractivity contribution in [1.82, 2.24) is 9.88 Å². The van der Waals surface area contributed by atoms with Gasteiger partial charge in [-0.05, 0) is 31.2 Å². The minimum absolute atomic E-state index is 0.108. The molecule has 0 atom stereocenters. The molecule has 0 unspecified atom stereocenters. The normalized spacial score (nSPS) is 10.2. The molecule has 0 saturated heterocycles. The van der Waals surface area contributed by atoms with Crippen molar-refractivity contribution >= 4 is 11.6 Å². The number of carbonyl (C=O) groups is 1. The van der Waals surface area contributed by atoms with E-state index in [1.54, 1.807) is 36.4 Å². The molecule has 5 nitrogen and oxygen atoms in total. The van der Waals surface area contributed by atoms with E-state index in [1.165, 1.54) is 0 Å². The lowest BCUT2D eigenvalue weighted by Crippen LogP contribution is -2.31. The molecule has 2 aromatic rings. The van der Waals surface area contributed by atoms with Gasteiger partial charge in [-0.3, -0.25) is 9.78 Å². The summed E-state index contributed by atoms with van der Waals surface area (Å²) in [5.41, 5.74) is 7.68. The summed E-state index contributed by atoms with van der Waals surface area (Å²) in [5, 5.41) is 0. The number of anilines is 1. The fraction of sp³-hybridized carbons (Fsp3) is 0.250. The van der Waals surface area contributed by atoms with Crippen LogP contribution in [-0.4, -0.2) is 29.4 Å². The lowest BCUT2D eigenvalue weighted by molar-refractivity contribution is 0.0751. The molecule has 0 aliphatic heterocycles. The summed E-state index contributed by atoms with van der Waals surface area (Å²) in [6, 6.07) is 10.7. The topological polar surface area (TPSA) is 68.5 Å². The monoisotopic (exact) mass is 285 g/mol. The SMILES string of the molecule is CCN(Cc1ccccn1)C(=O)c1ccc(OC)cc1N. The average molecular weight is 285 g/mol. The fourth-order valence-electron chi connectivity index (χ4n) is 2.05. The Balaban J connectivity index is 2.20. The molecule has 2 rings (SSSR count). The van der Waals surface area contributed by atoms with E-state index in [2.05, 4.69) is 4.98 Å². The van der Waals surface area contributed by atoms with Crippen LogP contribution in [0.15, 0.2) is 42.6 Å². The Morgan fingerprint density at radius 2 is 2.14 bits per heavy atom. The standard InChI is InChI=1S/C16H19N3O2/c1-3-19(11-12-6-4-5-9-18-12)16(20)14-8-7-13(21-2)10-15(14)17/h4-10H,3,11,17H2,1-2H3. The van der Waals surface area contributed by atoms with Crippen molar-refractivity contribution in [3.63, 3.8) is 0 Å². The first-order valence-electron chi connectivity index (χ1n) is 6.78. The van der Waals surface area contributed by atoms with Gasteiger partial charge in [0.05, 0.1) is 24.9 Å². The summed E-state index contributed by atoms with van der Waals surface area (Å²) < 4.78 is 5.10. The maximum Gasteiger partial charge on any atom is 0.256 e. The van der Waals surface area contributed by atoms with Gasteiger partial charge in [-0.1, -0.05) is 6.07 Å². The minimum Gasteiger partial charge on any atom is -0.497 e. The summed E-state index contributed by atoms with van der Waals surface area (Å²) in [5.74, 6) is 0.528. The van der Waals surface area contributed by atoms with Crippen molar-refractivity contribution in [3.05, 3.63) is 53.9 Å². The highest BCUT2D eigenvalue weighted by atomic mass is 16.5. The molecule has 2 N–H and O–H groups in total. The zero-order valence-corrected chi connectivity index (χ0v) is 12.2. The van der Waals surface area contributed by atoms with E-state index in [0.717, 1.165) is 5.69 Å². The molecule has 1 amide bonds. The van der Waals surface area contributed by atoms with E-state index in [-0.39, 0.29) is 5.91 Å². The number of hydrogen-bond acceptors (Lipinski definition) is 4. The molecule has 0 spiro atoms. The molecule has 0 radical (unpaired) electrons. The van der Waals surface area contributed by atoms with Crippen LogP contribution in [0.5, 0.6) is 5.75 Å². The van der Waals surface area contributed by atoms with Gasteiger partial charge < -0.3 is 15.4 Å². The second-order valence-corrected chi connectivity index (χ2v) is 4.59. The van der Waals surface area contributed by atoms with Crippen molar-refractivity contribution in [2.45, 2.75) is 13.5 Å². The first kappa shape index (κ1) is 14.8. The van der Waals surface area contributed by atoms with Gasteiger partial charge in [-0.2, -0.15) is 0 Å². The summed E-state index contributed by atoms with van der Waals surface area (Å²) in [6.45, 7) is 2.98. The second-order valence-electron chi connectivity index (χ2n) is 4.59. The molecule has 0 saturated carbocycles. The van der Waals surface area contributed by atoms with Crippen LogP contribution in [0.2, 0.25) is 0 Å². The van der Waals surface area contributed by atoms with Gasteiger partial charge in [-0.25, -0.2) is 0 Å². The number of rotatable bonds is 5. The number of nitrogens with two attached hydrogens (primary N) is 1. The Morgan fingerprint density at radius 3 is 2.71 bits per heavy atom. The van der Waals surface area contributed by atoms with Gasteiger partial charge in [-0.15, -0.1) is 0 Å². The fourth-order valence-corrected chi connectivity index (χ4v) is 2.05. The summed E-state index contributed by atoms with van der Waals surface area (Å²) >= 11 is 0. The number of nitrogen functional groups attached to an aromatic ring is 1. The number of aromatic nitrogens is 1. The zero-order valence-electron chi connectivity index (χ0n) is 12.2. The highest BCUT2D eigenvalue weighted by Gasteiger charge is 2.17. The summed E-state index contributed by atoms with van der Waals surface area (Å²) in [7, 11) is 1.57. The van der Waals surface area contributed by atoms with Crippen molar-refractivity contribution in [2.75, 3.05) is 19.4 Å². The summed E-state index contributed by atoms with van der Waals surface area (Å²) in [4.78, 5) is 18.5. The van der Waals surface area contributed by atoms with Gasteiger partial charge in [0.15, 0.2) is 0 Å². The van der Waals surface area contributed by atoms with Crippen LogP contribution >= 0.6 is 0 Å². The Kier molecular flexibility index (Phi) is 4.77. The lowest BCUT2D eigenvalue weighted by atomic mass is 10.1. The third-order valence-electron chi connectivity index (χ3n) is 3.24. The van der Waals surface area contributed by atoms with Crippen molar-refractivity contribution in [3.8, 4) is 5.75 Å². The number of hydrogen-bond donors (Lipinski definition) is 1. The van der Waals surface area contributed by atoms with E-state index in [9.17, 15) is 4.79 Å². The predicted molar refractivity (Wildman–Crippen MR) is 82.1 cm³/mol. The largest absolute Gasteiger partial charge is 0.497 e. The van der Waals surface area contributed by atoms with Crippen LogP contribution in [0, 0.1) is 0 Å². The van der Waals surface area contributed by atoms with Crippen LogP contribution < -0.4 is 10.5 Å². The third-order valence-corrected chi connectivity index (χ3v) is 3.24. The molecular formula is C16H19N3O2. The predicted octanol–water partition coefficient (Wildman–Crippen LogP) is 2.33. The number of methoxy groups -OCH3 is 1. The van der Waals surface area contributed by atoms with E-state index < -0.39 is 0 Å². The maximum atomic E-state index is 12.6. The van der Waals surface area contributed by atoms with E-state index in [4.69, 9.17) is 10.5 Å². The number of pyridine rings is 1. The molecule has 1 heterocycles. The number of amides is 1. The van der Waals surface area contributed by atoms with E-state index in [0.29, 0.717) is 30.1 Å². The molecule has 0 aliphatic rings. The van der Waals surface area contributed by atoms with Gasteiger partial charge in [0.25, 0.3) is 5.91 Å². The molecule has 0 aliphatic carbocycles. The first-order chi connectivity index (χ1) is 10.2. The van der Waals surface area contributed by atoms with Gasteiger partial charge in [0.1, 0.15) is 5.75 Å². The average Bonchev–Trinajstić information content (AvgIpc) is 2.52. The number of ether oxygens (including phenoxy) is 1. The molecular weight excluding hydrogens is 266 g/mol. The van der Waals surface area contributed by atoms with Crippen molar-refractivity contribution in [1.29, 1.82) is 0 Å². The summed E-state index contributed by atoms with van der Waals surface area (Å²) in [6.07, 6.45) is 1.72. The Morgan fingerprint density at radius 1 is 1.33 bits per heavy atom. The van der Waals surface area contributed by atoms with E-state index >= 15 is 0 Å². The van der Waals surface area contributed by atoms with Gasteiger partial charge >= 0.3 is 0 Å². The Bertz CT molecular complexity index is 614.